The van der Waals surface area contributed by atoms with Crippen molar-refractivity contribution < 1.29 is 18.3 Å². The molecule has 9 heteroatoms. The number of alkyl halides is 2. The molecule has 0 amide bonds. The van der Waals surface area contributed by atoms with E-state index < -0.39 is 12.7 Å². The summed E-state index contributed by atoms with van der Waals surface area (Å²) in [4.78, 5) is 4.21. The molecule has 2 heterocycles. The number of benzene rings is 2. The maximum Gasteiger partial charge on any atom is 0.387 e. The van der Waals surface area contributed by atoms with Gasteiger partial charge in [0.1, 0.15) is 23.9 Å². The summed E-state index contributed by atoms with van der Waals surface area (Å²) in [5, 5.41) is 7.80. The van der Waals surface area contributed by atoms with Crippen molar-refractivity contribution in [3.8, 4) is 11.5 Å². The lowest BCUT2D eigenvalue weighted by Gasteiger charge is -2.26. The molecule has 6 nitrogen and oxygen atoms in total. The Hall–Kier alpha value is -3.13. The molecule has 28 heavy (non-hydrogen) atoms. The smallest absolute Gasteiger partial charge is 0.387 e. The van der Waals surface area contributed by atoms with Crippen LogP contribution in [0.3, 0.4) is 0 Å². The average Bonchev–Trinajstić information content (AvgIpc) is 3.17. The molecule has 4 rings (SSSR count). The Morgan fingerprint density at radius 3 is 2.86 bits per heavy atom. The van der Waals surface area contributed by atoms with Crippen molar-refractivity contribution in [2.75, 3.05) is 12.4 Å². The second-order valence-corrected chi connectivity index (χ2v) is 6.41. The van der Waals surface area contributed by atoms with Crippen LogP contribution in [0.1, 0.15) is 17.2 Å². The first kappa shape index (κ1) is 18.2. The second kappa shape index (κ2) is 7.47. The molecule has 0 saturated carbocycles. The predicted octanol–water partition coefficient (Wildman–Crippen LogP) is 4.60. The zero-order chi connectivity index (χ0) is 19.7. The molecule has 2 aromatic carbocycles. The first-order chi connectivity index (χ1) is 13.5. The van der Waals surface area contributed by atoms with Crippen LogP contribution < -0.4 is 14.8 Å². The second-order valence-electron chi connectivity index (χ2n) is 5.97. The summed E-state index contributed by atoms with van der Waals surface area (Å²) in [7, 11) is 1.58. The molecule has 0 saturated heterocycles. The van der Waals surface area contributed by atoms with Gasteiger partial charge in [-0.15, -0.1) is 0 Å². The molecule has 1 aliphatic rings. The Morgan fingerprint density at radius 1 is 1.21 bits per heavy atom. The fourth-order valence-electron chi connectivity index (χ4n) is 3.07. The number of halogens is 3. The first-order valence-corrected chi connectivity index (χ1v) is 8.70. The molecule has 0 fully saturated rings. The number of rotatable bonds is 5. The highest BCUT2D eigenvalue weighted by Gasteiger charge is 2.27. The number of hydrogen-bond donors (Lipinski definition) is 1. The molecule has 1 aliphatic heterocycles. The van der Waals surface area contributed by atoms with Crippen LogP contribution >= 0.6 is 11.6 Å². The molecule has 1 atom stereocenters. The zero-order valence-electron chi connectivity index (χ0n) is 14.6. The topological polar surface area (TPSA) is 61.2 Å². The lowest BCUT2D eigenvalue weighted by atomic mass is 10.0. The normalized spacial score (nSPS) is 15.6. The van der Waals surface area contributed by atoms with E-state index in [0.29, 0.717) is 22.3 Å². The van der Waals surface area contributed by atoms with Gasteiger partial charge in [-0.2, -0.15) is 18.9 Å². The number of hydrogen-bond acceptors (Lipinski definition) is 5. The molecular formula is C19H15ClF2N4O2. The van der Waals surface area contributed by atoms with Gasteiger partial charge in [-0.3, -0.25) is 0 Å². The van der Waals surface area contributed by atoms with Gasteiger partial charge in [0.25, 0.3) is 0 Å². The Bertz CT molecular complexity index is 1040. The quantitative estimate of drug-likeness (QED) is 0.673. The number of aromatic nitrogens is 3. The Labute approximate surface area is 164 Å². The number of ether oxygens (including phenoxy) is 2. The monoisotopic (exact) mass is 404 g/mol. The summed E-state index contributed by atoms with van der Waals surface area (Å²) in [5.41, 5.74) is 2.02. The molecule has 0 bridgehead atoms. The molecule has 0 spiro atoms. The van der Waals surface area contributed by atoms with E-state index in [4.69, 9.17) is 21.1 Å². The maximum absolute atomic E-state index is 12.9. The van der Waals surface area contributed by atoms with Crippen molar-refractivity contribution in [3.05, 3.63) is 71.0 Å². The van der Waals surface area contributed by atoms with Gasteiger partial charge in [-0.25, -0.2) is 4.68 Å². The van der Waals surface area contributed by atoms with Crippen LogP contribution in [0.4, 0.5) is 14.7 Å². The summed E-state index contributed by atoms with van der Waals surface area (Å²) < 4.78 is 37.4. The minimum absolute atomic E-state index is 0.0222. The molecule has 144 valence electrons. The Morgan fingerprint density at radius 2 is 2.07 bits per heavy atom. The largest absolute Gasteiger partial charge is 0.497 e. The predicted molar refractivity (Wildman–Crippen MR) is 101 cm³/mol. The number of nitrogens with one attached hydrogen (secondary N) is 1. The highest BCUT2D eigenvalue weighted by Crippen LogP contribution is 2.38. The minimum atomic E-state index is -2.96. The SMILES string of the molecule is COc1cccc(C2=C[C@H](c3cc(Cl)ccc3OC(F)F)n3ncnc3N2)c1. The summed E-state index contributed by atoms with van der Waals surface area (Å²) in [5.74, 6) is 1.18. The van der Waals surface area contributed by atoms with Crippen LogP contribution in [0.15, 0.2) is 54.9 Å². The third-order valence-electron chi connectivity index (χ3n) is 4.29. The van der Waals surface area contributed by atoms with E-state index in [1.54, 1.807) is 17.9 Å². The number of allylic oxidation sites excluding steroid dienone is 1. The standard InChI is InChI=1S/C19H15ClF2N4O2/c1-27-13-4-2-3-11(7-13)15-9-16(26-19(25-15)23-10-24-26)14-8-12(20)5-6-17(14)28-18(21)22/h2-10,16,18H,1H3,(H,23,24,25)/t16-/m1/s1. The van der Waals surface area contributed by atoms with Crippen molar-refractivity contribution in [2.45, 2.75) is 12.7 Å². The maximum atomic E-state index is 12.9. The van der Waals surface area contributed by atoms with E-state index >= 15 is 0 Å². The summed E-state index contributed by atoms with van der Waals surface area (Å²) in [6.07, 6.45) is 3.23. The van der Waals surface area contributed by atoms with E-state index in [1.165, 1.54) is 18.5 Å². The molecule has 3 aromatic rings. The first-order valence-electron chi connectivity index (χ1n) is 8.32. The van der Waals surface area contributed by atoms with Crippen molar-refractivity contribution in [3.63, 3.8) is 0 Å². The van der Waals surface area contributed by atoms with Crippen LogP contribution in [0, 0.1) is 0 Å². The van der Waals surface area contributed by atoms with E-state index in [0.717, 1.165) is 11.3 Å². The third-order valence-corrected chi connectivity index (χ3v) is 4.53. The van der Waals surface area contributed by atoms with Crippen molar-refractivity contribution in [2.24, 2.45) is 0 Å². The Balaban J connectivity index is 1.83. The van der Waals surface area contributed by atoms with E-state index in [1.807, 2.05) is 30.3 Å². The highest BCUT2D eigenvalue weighted by atomic mass is 35.5. The van der Waals surface area contributed by atoms with Gasteiger partial charge in [-0.05, 0) is 36.4 Å². The Kier molecular flexibility index (Phi) is 4.87. The number of anilines is 1. The van der Waals surface area contributed by atoms with E-state index in [9.17, 15) is 8.78 Å². The highest BCUT2D eigenvalue weighted by molar-refractivity contribution is 6.30. The van der Waals surface area contributed by atoms with Gasteiger partial charge in [0.2, 0.25) is 5.95 Å². The fourth-order valence-corrected chi connectivity index (χ4v) is 3.25. The van der Waals surface area contributed by atoms with Gasteiger partial charge < -0.3 is 14.8 Å². The van der Waals surface area contributed by atoms with Crippen molar-refractivity contribution in [1.82, 2.24) is 14.8 Å². The average molecular weight is 405 g/mol. The summed E-state index contributed by atoms with van der Waals surface area (Å²) in [6.45, 7) is -2.96. The van der Waals surface area contributed by atoms with Crippen LogP contribution in [-0.4, -0.2) is 28.5 Å². The van der Waals surface area contributed by atoms with Gasteiger partial charge in [0.05, 0.1) is 7.11 Å². The van der Waals surface area contributed by atoms with Crippen molar-refractivity contribution in [1.29, 1.82) is 0 Å². The van der Waals surface area contributed by atoms with E-state index in [2.05, 4.69) is 15.4 Å². The lowest BCUT2D eigenvalue weighted by Crippen LogP contribution is -2.21. The van der Waals surface area contributed by atoms with E-state index in [-0.39, 0.29) is 5.75 Å². The molecule has 1 N–H and O–H groups in total. The summed E-state index contributed by atoms with van der Waals surface area (Å²) >= 11 is 6.13. The van der Waals surface area contributed by atoms with Crippen LogP contribution in [0.5, 0.6) is 11.5 Å². The number of fused-ring (bicyclic) bond motifs is 1. The van der Waals surface area contributed by atoms with Gasteiger partial charge >= 0.3 is 6.61 Å². The van der Waals surface area contributed by atoms with Crippen LogP contribution in [0.25, 0.3) is 5.70 Å². The van der Waals surface area contributed by atoms with Gasteiger partial charge in [0.15, 0.2) is 0 Å². The summed E-state index contributed by atoms with van der Waals surface area (Å²) in [6, 6.07) is 11.4. The third kappa shape index (κ3) is 3.50. The molecular weight excluding hydrogens is 390 g/mol. The lowest BCUT2D eigenvalue weighted by molar-refractivity contribution is -0.0506. The van der Waals surface area contributed by atoms with Crippen LogP contribution in [0.2, 0.25) is 5.02 Å². The van der Waals surface area contributed by atoms with Gasteiger partial charge in [0, 0.05) is 21.8 Å². The molecule has 0 unspecified atom stereocenters. The molecule has 0 aliphatic carbocycles. The van der Waals surface area contributed by atoms with Crippen LogP contribution in [-0.2, 0) is 0 Å². The van der Waals surface area contributed by atoms with Gasteiger partial charge in [-0.1, -0.05) is 23.7 Å². The molecule has 0 radical (unpaired) electrons. The number of nitrogens with zero attached hydrogens (tertiary/aromatic N) is 3. The zero-order valence-corrected chi connectivity index (χ0v) is 15.4. The molecule has 1 aromatic heterocycles. The minimum Gasteiger partial charge on any atom is -0.497 e. The van der Waals surface area contributed by atoms with Crippen molar-refractivity contribution >= 4 is 23.2 Å². The number of methoxy groups -OCH3 is 1. The fraction of sp³-hybridized carbons (Fsp3) is 0.158.